The Hall–Kier alpha value is -0.180. The lowest BCUT2D eigenvalue weighted by atomic mass is 10.1. The summed E-state index contributed by atoms with van der Waals surface area (Å²) >= 11 is 1.89. The SMILES string of the molecule is CCCCCCCCCCCCCC(=O)OCCSCCCC. The molecule has 0 atom stereocenters. The normalized spacial score (nSPS) is 10.9. The predicted octanol–water partition coefficient (Wildman–Crippen LogP) is 6.76. The van der Waals surface area contributed by atoms with Crippen LogP contribution in [0.25, 0.3) is 0 Å². The molecule has 0 saturated carbocycles. The van der Waals surface area contributed by atoms with E-state index < -0.39 is 0 Å². The maximum Gasteiger partial charge on any atom is 0.305 e. The zero-order valence-corrected chi connectivity index (χ0v) is 16.6. The minimum atomic E-state index is -0.00276. The van der Waals surface area contributed by atoms with E-state index in [2.05, 4.69) is 13.8 Å². The zero-order valence-electron chi connectivity index (χ0n) is 15.7. The van der Waals surface area contributed by atoms with Crippen molar-refractivity contribution in [3.05, 3.63) is 0 Å². The Bertz CT molecular complexity index is 244. The van der Waals surface area contributed by atoms with Crippen molar-refractivity contribution in [1.29, 1.82) is 0 Å². The van der Waals surface area contributed by atoms with Crippen molar-refractivity contribution in [2.75, 3.05) is 18.1 Å². The van der Waals surface area contributed by atoms with Gasteiger partial charge in [0.1, 0.15) is 6.61 Å². The van der Waals surface area contributed by atoms with Crippen LogP contribution in [0.4, 0.5) is 0 Å². The van der Waals surface area contributed by atoms with Crippen molar-refractivity contribution in [1.82, 2.24) is 0 Å². The zero-order chi connectivity index (χ0) is 17.0. The monoisotopic (exact) mass is 344 g/mol. The number of esters is 1. The molecule has 0 heterocycles. The van der Waals surface area contributed by atoms with Gasteiger partial charge in [-0.2, -0.15) is 11.8 Å². The summed E-state index contributed by atoms with van der Waals surface area (Å²) in [5, 5.41) is 0. The second-order valence-corrected chi connectivity index (χ2v) is 7.70. The Morgan fingerprint density at radius 2 is 1.22 bits per heavy atom. The summed E-state index contributed by atoms with van der Waals surface area (Å²) < 4.78 is 5.25. The van der Waals surface area contributed by atoms with Crippen LogP contribution in [0.1, 0.15) is 104 Å². The largest absolute Gasteiger partial charge is 0.465 e. The van der Waals surface area contributed by atoms with Crippen LogP contribution in [-0.4, -0.2) is 24.1 Å². The third-order valence-corrected chi connectivity index (χ3v) is 5.15. The van der Waals surface area contributed by atoms with Crippen molar-refractivity contribution >= 4 is 17.7 Å². The van der Waals surface area contributed by atoms with Crippen LogP contribution in [0.15, 0.2) is 0 Å². The predicted molar refractivity (Wildman–Crippen MR) is 104 cm³/mol. The molecule has 23 heavy (non-hydrogen) atoms. The quantitative estimate of drug-likeness (QED) is 0.203. The van der Waals surface area contributed by atoms with Crippen molar-refractivity contribution in [3.63, 3.8) is 0 Å². The number of hydrogen-bond donors (Lipinski definition) is 0. The lowest BCUT2D eigenvalue weighted by molar-refractivity contribution is -0.143. The van der Waals surface area contributed by atoms with Crippen molar-refractivity contribution < 1.29 is 9.53 Å². The standard InChI is InChI=1S/C20H40O2S/c1-3-5-7-8-9-10-11-12-13-14-15-16-20(21)22-17-19-23-18-6-4-2/h3-19H2,1-2H3. The fourth-order valence-electron chi connectivity index (χ4n) is 2.57. The molecular weight excluding hydrogens is 304 g/mol. The highest BCUT2D eigenvalue weighted by Gasteiger charge is 2.02. The lowest BCUT2D eigenvalue weighted by Crippen LogP contribution is -2.07. The van der Waals surface area contributed by atoms with E-state index in [4.69, 9.17) is 4.74 Å². The molecule has 0 aliphatic carbocycles. The van der Waals surface area contributed by atoms with Gasteiger partial charge in [0.25, 0.3) is 0 Å². The van der Waals surface area contributed by atoms with Gasteiger partial charge in [0.15, 0.2) is 0 Å². The second-order valence-electron chi connectivity index (χ2n) is 6.47. The van der Waals surface area contributed by atoms with Gasteiger partial charge < -0.3 is 4.74 Å². The molecule has 0 spiro atoms. The van der Waals surface area contributed by atoms with Crippen LogP contribution in [0.2, 0.25) is 0 Å². The summed E-state index contributed by atoms with van der Waals surface area (Å²) in [5.74, 6) is 2.13. The van der Waals surface area contributed by atoms with Crippen molar-refractivity contribution in [2.45, 2.75) is 104 Å². The minimum Gasteiger partial charge on any atom is -0.465 e. The highest BCUT2D eigenvalue weighted by molar-refractivity contribution is 7.99. The van der Waals surface area contributed by atoms with Crippen molar-refractivity contribution in [2.24, 2.45) is 0 Å². The fraction of sp³-hybridized carbons (Fsp3) is 0.950. The molecule has 0 aliphatic rings. The van der Waals surface area contributed by atoms with Crippen LogP contribution in [0, 0.1) is 0 Å². The third-order valence-electron chi connectivity index (χ3n) is 4.12. The van der Waals surface area contributed by atoms with E-state index in [1.807, 2.05) is 11.8 Å². The van der Waals surface area contributed by atoms with Gasteiger partial charge in [-0.05, 0) is 18.6 Å². The average Bonchev–Trinajstić information content (AvgIpc) is 2.56. The molecule has 0 N–H and O–H groups in total. The van der Waals surface area contributed by atoms with Gasteiger partial charge in [-0.3, -0.25) is 4.79 Å². The van der Waals surface area contributed by atoms with Gasteiger partial charge >= 0.3 is 5.97 Å². The third kappa shape index (κ3) is 19.8. The van der Waals surface area contributed by atoms with Gasteiger partial charge in [-0.25, -0.2) is 0 Å². The highest BCUT2D eigenvalue weighted by atomic mass is 32.2. The van der Waals surface area contributed by atoms with Crippen LogP contribution in [-0.2, 0) is 9.53 Å². The van der Waals surface area contributed by atoms with Gasteiger partial charge in [0.05, 0.1) is 0 Å². The Morgan fingerprint density at radius 1 is 0.696 bits per heavy atom. The molecule has 0 aromatic rings. The van der Waals surface area contributed by atoms with Crippen LogP contribution >= 0.6 is 11.8 Å². The fourth-order valence-corrected chi connectivity index (χ4v) is 3.47. The van der Waals surface area contributed by atoms with E-state index in [0.717, 1.165) is 12.2 Å². The van der Waals surface area contributed by atoms with E-state index >= 15 is 0 Å². The molecule has 0 aromatic carbocycles. The lowest BCUT2D eigenvalue weighted by Gasteiger charge is -2.05. The molecule has 3 heteroatoms. The number of carbonyl (C=O) groups excluding carboxylic acids is 1. The molecule has 0 aromatic heterocycles. The highest BCUT2D eigenvalue weighted by Crippen LogP contribution is 2.12. The summed E-state index contributed by atoms with van der Waals surface area (Å²) in [6.07, 6.45) is 17.6. The first-order chi connectivity index (χ1) is 11.3. The smallest absolute Gasteiger partial charge is 0.305 e. The van der Waals surface area contributed by atoms with Crippen molar-refractivity contribution in [3.8, 4) is 0 Å². The summed E-state index contributed by atoms with van der Waals surface area (Å²) in [7, 11) is 0. The van der Waals surface area contributed by atoms with E-state index in [9.17, 15) is 4.79 Å². The minimum absolute atomic E-state index is 0.00276. The maximum atomic E-state index is 11.6. The number of rotatable bonds is 18. The molecule has 2 nitrogen and oxygen atoms in total. The molecule has 0 saturated heterocycles. The van der Waals surface area contributed by atoms with E-state index in [0.29, 0.717) is 13.0 Å². The first kappa shape index (κ1) is 22.8. The Balaban J connectivity index is 3.11. The Labute approximate surface area is 149 Å². The molecular formula is C20H40O2S. The molecule has 0 radical (unpaired) electrons. The van der Waals surface area contributed by atoms with Crippen LogP contribution in [0.3, 0.4) is 0 Å². The van der Waals surface area contributed by atoms with E-state index in [-0.39, 0.29) is 5.97 Å². The summed E-state index contributed by atoms with van der Waals surface area (Å²) in [5.41, 5.74) is 0. The Morgan fingerprint density at radius 3 is 1.78 bits per heavy atom. The summed E-state index contributed by atoms with van der Waals surface area (Å²) in [6, 6.07) is 0. The first-order valence-corrected chi connectivity index (χ1v) is 11.2. The van der Waals surface area contributed by atoms with Gasteiger partial charge in [-0.1, -0.05) is 84.5 Å². The second kappa shape index (κ2) is 19.9. The van der Waals surface area contributed by atoms with Gasteiger partial charge in [0, 0.05) is 12.2 Å². The summed E-state index contributed by atoms with van der Waals surface area (Å²) in [6.45, 7) is 5.06. The van der Waals surface area contributed by atoms with Gasteiger partial charge in [0.2, 0.25) is 0 Å². The summed E-state index contributed by atoms with van der Waals surface area (Å²) in [4.78, 5) is 11.6. The van der Waals surface area contributed by atoms with E-state index in [1.165, 1.54) is 82.8 Å². The molecule has 0 unspecified atom stereocenters. The topological polar surface area (TPSA) is 26.3 Å². The average molecular weight is 345 g/mol. The number of ether oxygens (including phenoxy) is 1. The molecule has 0 fully saturated rings. The van der Waals surface area contributed by atoms with Gasteiger partial charge in [-0.15, -0.1) is 0 Å². The number of thioether (sulfide) groups is 1. The molecule has 138 valence electrons. The number of unbranched alkanes of at least 4 members (excludes halogenated alkanes) is 11. The van der Waals surface area contributed by atoms with E-state index in [1.54, 1.807) is 0 Å². The first-order valence-electron chi connectivity index (χ1n) is 10.0. The van der Waals surface area contributed by atoms with Crippen LogP contribution in [0.5, 0.6) is 0 Å². The Kier molecular flexibility index (Phi) is 19.7. The molecule has 0 amide bonds. The molecule has 0 bridgehead atoms. The van der Waals surface area contributed by atoms with Crippen LogP contribution < -0.4 is 0 Å². The number of carbonyl (C=O) groups is 1. The molecule has 0 aliphatic heterocycles. The maximum absolute atomic E-state index is 11.6. The number of hydrogen-bond acceptors (Lipinski definition) is 3. The molecule has 0 rings (SSSR count).